The molecule has 0 radical (unpaired) electrons. The summed E-state index contributed by atoms with van der Waals surface area (Å²) in [5.74, 6) is 1.06. The molecule has 0 N–H and O–H groups in total. The van der Waals surface area contributed by atoms with E-state index in [1.54, 1.807) is 6.20 Å². The van der Waals surface area contributed by atoms with E-state index in [1.165, 1.54) is 5.56 Å². The van der Waals surface area contributed by atoms with Gasteiger partial charge in [0.1, 0.15) is 5.82 Å². The van der Waals surface area contributed by atoms with Gasteiger partial charge in [-0.2, -0.15) is 0 Å². The van der Waals surface area contributed by atoms with E-state index in [2.05, 4.69) is 15.6 Å². The molecular formula is C20H19N3O. The van der Waals surface area contributed by atoms with Gasteiger partial charge in [0.15, 0.2) is 0 Å². The van der Waals surface area contributed by atoms with Crippen LogP contribution in [0.2, 0.25) is 0 Å². The van der Waals surface area contributed by atoms with Crippen molar-refractivity contribution in [1.82, 2.24) is 9.55 Å². The standard InChI is InChI=1S/C20H19N3O/c1-15-21-11-13-22(15)14-16-6-8-18(9-7-16)20(24)23-12-10-17-4-2-3-5-19(17)23/h2-9,11,13H,10,12,14H2,1H3. The van der Waals surface area contributed by atoms with Crippen LogP contribution in [-0.4, -0.2) is 22.0 Å². The van der Waals surface area contributed by atoms with Crippen LogP contribution in [0.4, 0.5) is 5.69 Å². The molecule has 1 aromatic heterocycles. The maximum atomic E-state index is 12.8. The Morgan fingerprint density at radius 1 is 1.12 bits per heavy atom. The van der Waals surface area contributed by atoms with Crippen molar-refractivity contribution in [2.45, 2.75) is 19.9 Å². The first-order valence-electron chi connectivity index (χ1n) is 8.19. The van der Waals surface area contributed by atoms with Crippen molar-refractivity contribution in [2.75, 3.05) is 11.4 Å². The number of amides is 1. The van der Waals surface area contributed by atoms with Gasteiger partial charge in [0, 0.05) is 36.7 Å². The van der Waals surface area contributed by atoms with Crippen LogP contribution in [0.15, 0.2) is 60.9 Å². The fourth-order valence-corrected chi connectivity index (χ4v) is 3.23. The number of fused-ring (bicyclic) bond motifs is 1. The van der Waals surface area contributed by atoms with E-state index in [0.717, 1.165) is 42.1 Å². The molecule has 1 aliphatic rings. The van der Waals surface area contributed by atoms with Crippen molar-refractivity contribution in [3.63, 3.8) is 0 Å². The molecule has 2 aromatic carbocycles. The van der Waals surface area contributed by atoms with Crippen molar-refractivity contribution in [3.8, 4) is 0 Å². The Bertz CT molecular complexity index is 880. The highest BCUT2D eigenvalue weighted by Gasteiger charge is 2.24. The van der Waals surface area contributed by atoms with Crippen molar-refractivity contribution in [1.29, 1.82) is 0 Å². The average Bonchev–Trinajstić information content (AvgIpc) is 3.21. The van der Waals surface area contributed by atoms with Crippen LogP contribution in [-0.2, 0) is 13.0 Å². The molecule has 1 aliphatic heterocycles. The maximum absolute atomic E-state index is 12.8. The van der Waals surface area contributed by atoms with E-state index in [1.807, 2.05) is 60.5 Å². The Hall–Kier alpha value is -2.88. The van der Waals surface area contributed by atoms with E-state index in [9.17, 15) is 4.79 Å². The molecule has 0 fully saturated rings. The zero-order chi connectivity index (χ0) is 16.5. The molecule has 0 saturated heterocycles. The van der Waals surface area contributed by atoms with Gasteiger partial charge in [-0.05, 0) is 42.7 Å². The topological polar surface area (TPSA) is 38.1 Å². The number of anilines is 1. The summed E-state index contributed by atoms with van der Waals surface area (Å²) in [6.45, 7) is 3.52. The summed E-state index contributed by atoms with van der Waals surface area (Å²) in [4.78, 5) is 18.9. The molecule has 1 amide bonds. The van der Waals surface area contributed by atoms with Gasteiger partial charge in [0.2, 0.25) is 0 Å². The number of hydrogen-bond acceptors (Lipinski definition) is 2. The highest BCUT2D eigenvalue weighted by Crippen LogP contribution is 2.28. The second-order valence-electron chi connectivity index (χ2n) is 6.13. The lowest BCUT2D eigenvalue weighted by Crippen LogP contribution is -2.28. The molecule has 0 spiro atoms. The number of benzene rings is 2. The Balaban J connectivity index is 1.53. The lowest BCUT2D eigenvalue weighted by molar-refractivity contribution is 0.0989. The molecular weight excluding hydrogens is 298 g/mol. The minimum absolute atomic E-state index is 0.0744. The predicted molar refractivity (Wildman–Crippen MR) is 94.3 cm³/mol. The Kier molecular flexibility index (Phi) is 3.65. The van der Waals surface area contributed by atoms with Crippen LogP contribution < -0.4 is 4.90 Å². The van der Waals surface area contributed by atoms with Gasteiger partial charge >= 0.3 is 0 Å². The molecule has 0 aliphatic carbocycles. The number of nitrogens with zero attached hydrogens (tertiary/aromatic N) is 3. The van der Waals surface area contributed by atoms with Crippen LogP contribution in [0.5, 0.6) is 0 Å². The van der Waals surface area contributed by atoms with Crippen LogP contribution in [0, 0.1) is 6.92 Å². The smallest absolute Gasteiger partial charge is 0.258 e. The third-order valence-electron chi connectivity index (χ3n) is 4.61. The van der Waals surface area contributed by atoms with Crippen LogP contribution in [0.3, 0.4) is 0 Å². The molecule has 4 rings (SSSR count). The lowest BCUT2D eigenvalue weighted by Gasteiger charge is -2.17. The van der Waals surface area contributed by atoms with E-state index >= 15 is 0 Å². The van der Waals surface area contributed by atoms with Crippen LogP contribution in [0.1, 0.15) is 27.3 Å². The van der Waals surface area contributed by atoms with E-state index in [4.69, 9.17) is 0 Å². The van der Waals surface area contributed by atoms with Gasteiger partial charge in [-0.3, -0.25) is 4.79 Å². The van der Waals surface area contributed by atoms with Gasteiger partial charge in [-0.15, -0.1) is 0 Å². The summed E-state index contributed by atoms with van der Waals surface area (Å²) in [6, 6.07) is 16.0. The minimum Gasteiger partial charge on any atom is -0.331 e. The normalized spacial score (nSPS) is 13.1. The third-order valence-corrected chi connectivity index (χ3v) is 4.61. The quantitative estimate of drug-likeness (QED) is 0.742. The summed E-state index contributed by atoms with van der Waals surface area (Å²) >= 11 is 0. The molecule has 4 heteroatoms. The number of rotatable bonds is 3. The highest BCUT2D eigenvalue weighted by atomic mass is 16.2. The SMILES string of the molecule is Cc1nccn1Cc1ccc(C(=O)N2CCc3ccccc32)cc1. The van der Waals surface area contributed by atoms with E-state index in [-0.39, 0.29) is 5.91 Å². The summed E-state index contributed by atoms with van der Waals surface area (Å²) < 4.78 is 2.09. The fourth-order valence-electron chi connectivity index (χ4n) is 3.23. The number of aryl methyl sites for hydroxylation is 1. The number of imidazole rings is 1. The molecule has 0 unspecified atom stereocenters. The molecule has 24 heavy (non-hydrogen) atoms. The van der Waals surface area contributed by atoms with Crippen molar-refractivity contribution in [2.24, 2.45) is 0 Å². The molecule has 0 saturated carbocycles. The van der Waals surface area contributed by atoms with Crippen LogP contribution in [0.25, 0.3) is 0 Å². The molecule has 0 bridgehead atoms. The third kappa shape index (κ3) is 2.60. The molecule has 2 heterocycles. The molecule has 120 valence electrons. The summed E-state index contributed by atoms with van der Waals surface area (Å²) in [5.41, 5.74) is 4.19. The van der Waals surface area contributed by atoms with Crippen molar-refractivity contribution in [3.05, 3.63) is 83.4 Å². The monoisotopic (exact) mass is 317 g/mol. The number of aromatic nitrogens is 2. The van der Waals surface area contributed by atoms with Gasteiger partial charge < -0.3 is 9.47 Å². The summed E-state index contributed by atoms with van der Waals surface area (Å²) in [5, 5.41) is 0. The van der Waals surface area contributed by atoms with Gasteiger partial charge in [-0.1, -0.05) is 30.3 Å². The lowest BCUT2D eigenvalue weighted by atomic mass is 10.1. The summed E-state index contributed by atoms with van der Waals surface area (Å²) in [6.07, 6.45) is 4.70. The number of hydrogen-bond donors (Lipinski definition) is 0. The molecule has 4 nitrogen and oxygen atoms in total. The highest BCUT2D eigenvalue weighted by molar-refractivity contribution is 6.07. The zero-order valence-corrected chi connectivity index (χ0v) is 13.6. The van der Waals surface area contributed by atoms with E-state index < -0.39 is 0 Å². The van der Waals surface area contributed by atoms with Crippen molar-refractivity contribution < 1.29 is 4.79 Å². The first-order chi connectivity index (χ1) is 11.7. The minimum atomic E-state index is 0.0744. The Morgan fingerprint density at radius 2 is 1.92 bits per heavy atom. The zero-order valence-electron chi connectivity index (χ0n) is 13.6. The number of carbonyl (C=O) groups excluding carboxylic acids is 1. The first kappa shape index (κ1) is 14.7. The Labute approximate surface area is 141 Å². The average molecular weight is 317 g/mol. The second-order valence-corrected chi connectivity index (χ2v) is 6.13. The van der Waals surface area contributed by atoms with Gasteiger partial charge in [0.25, 0.3) is 5.91 Å². The molecule has 0 atom stereocenters. The van der Waals surface area contributed by atoms with Crippen LogP contribution >= 0.6 is 0 Å². The van der Waals surface area contributed by atoms with Gasteiger partial charge in [0.05, 0.1) is 0 Å². The number of para-hydroxylation sites is 1. The summed E-state index contributed by atoms with van der Waals surface area (Å²) in [7, 11) is 0. The first-order valence-corrected chi connectivity index (χ1v) is 8.19. The second kappa shape index (κ2) is 5.96. The maximum Gasteiger partial charge on any atom is 0.258 e. The molecule has 3 aromatic rings. The van der Waals surface area contributed by atoms with E-state index in [0.29, 0.717) is 0 Å². The number of carbonyl (C=O) groups is 1. The van der Waals surface area contributed by atoms with Gasteiger partial charge in [-0.25, -0.2) is 4.98 Å². The largest absolute Gasteiger partial charge is 0.331 e. The predicted octanol–water partition coefficient (Wildman–Crippen LogP) is 3.44. The fraction of sp³-hybridized carbons (Fsp3) is 0.200. The Morgan fingerprint density at radius 3 is 2.67 bits per heavy atom. The van der Waals surface area contributed by atoms with Crippen molar-refractivity contribution >= 4 is 11.6 Å².